The summed E-state index contributed by atoms with van der Waals surface area (Å²) in [6, 6.07) is 8.59. The van der Waals surface area contributed by atoms with E-state index in [1.165, 1.54) is 27.6 Å². The Morgan fingerprint density at radius 3 is 2.93 bits per heavy atom. The van der Waals surface area contributed by atoms with Crippen molar-refractivity contribution in [2.24, 2.45) is 0 Å². The van der Waals surface area contributed by atoms with Crippen molar-refractivity contribution in [1.82, 2.24) is 10.6 Å². The molecule has 2 nitrogen and oxygen atoms in total. The highest BCUT2D eigenvalue weighted by atomic mass is 32.2. The van der Waals surface area contributed by atoms with Crippen molar-refractivity contribution in [3.8, 4) is 0 Å². The molecule has 0 bridgehead atoms. The summed E-state index contributed by atoms with van der Waals surface area (Å²) >= 11 is 1.91. The first-order valence-corrected chi connectivity index (χ1v) is 5.87. The van der Waals surface area contributed by atoms with E-state index in [1.54, 1.807) is 0 Å². The molecule has 1 fully saturated rings. The van der Waals surface area contributed by atoms with Crippen LogP contribution >= 0.6 is 11.8 Å². The second kappa shape index (κ2) is 3.24. The van der Waals surface area contributed by atoms with E-state index in [2.05, 4.69) is 34.9 Å². The van der Waals surface area contributed by atoms with Crippen molar-refractivity contribution in [1.29, 1.82) is 0 Å². The molecule has 1 aromatic rings. The van der Waals surface area contributed by atoms with Crippen molar-refractivity contribution >= 4 is 17.5 Å². The van der Waals surface area contributed by atoms with Gasteiger partial charge in [0, 0.05) is 24.4 Å². The van der Waals surface area contributed by atoms with Crippen LogP contribution in [0.3, 0.4) is 0 Å². The standard InChI is InChI=1S/C11H12N2S/c1-2-4-9-8(3-1)7-13-10(9)11-12-5-6-14-11/h1-4,12-13H,5-7H2/b11-10+. The van der Waals surface area contributed by atoms with Gasteiger partial charge < -0.3 is 10.6 Å². The van der Waals surface area contributed by atoms with Gasteiger partial charge in [-0.2, -0.15) is 0 Å². The van der Waals surface area contributed by atoms with Crippen molar-refractivity contribution in [3.05, 3.63) is 40.4 Å². The molecule has 0 aromatic heterocycles. The molecule has 1 saturated heterocycles. The predicted octanol–water partition coefficient (Wildman–Crippen LogP) is 1.75. The van der Waals surface area contributed by atoms with Gasteiger partial charge >= 0.3 is 0 Å². The second-order valence-corrected chi connectivity index (χ2v) is 4.60. The monoisotopic (exact) mass is 204 g/mol. The fourth-order valence-corrected chi connectivity index (χ4v) is 2.87. The average Bonchev–Trinajstić information content (AvgIpc) is 2.85. The Morgan fingerprint density at radius 1 is 1.14 bits per heavy atom. The third-order valence-corrected chi connectivity index (χ3v) is 3.65. The Labute approximate surface area is 87.8 Å². The van der Waals surface area contributed by atoms with E-state index in [-0.39, 0.29) is 0 Å². The van der Waals surface area contributed by atoms with E-state index in [4.69, 9.17) is 0 Å². The molecular weight excluding hydrogens is 192 g/mol. The van der Waals surface area contributed by atoms with E-state index in [0.29, 0.717) is 0 Å². The van der Waals surface area contributed by atoms with Gasteiger partial charge in [-0.25, -0.2) is 0 Å². The van der Waals surface area contributed by atoms with Crippen molar-refractivity contribution in [3.63, 3.8) is 0 Å². The normalized spacial score (nSPS) is 24.3. The predicted molar refractivity (Wildman–Crippen MR) is 60.7 cm³/mol. The molecule has 0 atom stereocenters. The maximum atomic E-state index is 3.46. The van der Waals surface area contributed by atoms with Crippen molar-refractivity contribution in [2.45, 2.75) is 6.54 Å². The van der Waals surface area contributed by atoms with Gasteiger partial charge in [0.15, 0.2) is 0 Å². The van der Waals surface area contributed by atoms with Gasteiger partial charge in [-0.15, -0.1) is 11.8 Å². The van der Waals surface area contributed by atoms with E-state index < -0.39 is 0 Å². The summed E-state index contributed by atoms with van der Waals surface area (Å²) in [5.74, 6) is 1.18. The highest BCUT2D eigenvalue weighted by Gasteiger charge is 2.20. The second-order valence-electron chi connectivity index (χ2n) is 3.49. The molecule has 2 heterocycles. The minimum atomic E-state index is 0.969. The lowest BCUT2D eigenvalue weighted by Gasteiger charge is -2.05. The summed E-state index contributed by atoms with van der Waals surface area (Å²) in [6.07, 6.45) is 0. The Kier molecular flexibility index (Phi) is 1.91. The molecule has 14 heavy (non-hydrogen) atoms. The van der Waals surface area contributed by atoms with Crippen molar-refractivity contribution in [2.75, 3.05) is 12.3 Å². The molecule has 0 aliphatic carbocycles. The highest BCUT2D eigenvalue weighted by molar-refractivity contribution is 8.03. The summed E-state index contributed by atoms with van der Waals surface area (Å²) in [4.78, 5) is 0. The lowest BCUT2D eigenvalue weighted by atomic mass is 10.1. The SMILES string of the molecule is c1ccc2c(c1)CN/C2=C1\NCCS1. The molecule has 0 unspecified atom stereocenters. The third-order valence-electron chi connectivity index (χ3n) is 2.60. The maximum absolute atomic E-state index is 3.46. The molecule has 0 spiro atoms. The molecule has 0 amide bonds. The summed E-state index contributed by atoms with van der Waals surface area (Å²) in [6.45, 7) is 2.06. The summed E-state index contributed by atoms with van der Waals surface area (Å²) in [5.41, 5.74) is 4.07. The highest BCUT2D eigenvalue weighted by Crippen LogP contribution is 2.31. The zero-order valence-electron chi connectivity index (χ0n) is 7.84. The summed E-state index contributed by atoms with van der Waals surface area (Å²) < 4.78 is 0. The topological polar surface area (TPSA) is 24.1 Å². The zero-order chi connectivity index (χ0) is 9.38. The van der Waals surface area contributed by atoms with Crippen LogP contribution in [-0.2, 0) is 6.54 Å². The summed E-state index contributed by atoms with van der Waals surface area (Å²) in [7, 11) is 0. The smallest absolute Gasteiger partial charge is 0.0925 e. The van der Waals surface area contributed by atoms with E-state index in [1.807, 2.05) is 11.8 Å². The molecule has 2 N–H and O–H groups in total. The number of benzene rings is 1. The Balaban J connectivity index is 2.09. The molecule has 3 rings (SSSR count). The van der Waals surface area contributed by atoms with E-state index in [9.17, 15) is 0 Å². The minimum Gasteiger partial charge on any atom is -0.378 e. The van der Waals surface area contributed by atoms with Crippen LogP contribution in [0.15, 0.2) is 29.3 Å². The van der Waals surface area contributed by atoms with Crippen LogP contribution in [-0.4, -0.2) is 12.3 Å². The molecule has 0 radical (unpaired) electrons. The Morgan fingerprint density at radius 2 is 2.07 bits per heavy atom. The molecule has 0 saturated carbocycles. The Bertz CT molecular complexity index is 390. The fourth-order valence-electron chi connectivity index (χ4n) is 1.93. The largest absolute Gasteiger partial charge is 0.378 e. The van der Waals surface area contributed by atoms with Crippen LogP contribution in [0.5, 0.6) is 0 Å². The lowest BCUT2D eigenvalue weighted by molar-refractivity contribution is 0.907. The number of thioether (sulfide) groups is 1. The van der Waals surface area contributed by atoms with Crippen LogP contribution in [0.1, 0.15) is 11.1 Å². The van der Waals surface area contributed by atoms with Crippen molar-refractivity contribution < 1.29 is 0 Å². The first-order chi connectivity index (χ1) is 6.95. The third kappa shape index (κ3) is 1.20. The Hall–Kier alpha value is -1.09. The minimum absolute atomic E-state index is 0.969. The van der Waals surface area contributed by atoms with Gasteiger partial charge in [0.2, 0.25) is 0 Å². The number of hydrogen-bond donors (Lipinski definition) is 2. The molecule has 3 heteroatoms. The average molecular weight is 204 g/mol. The van der Waals surface area contributed by atoms with Gasteiger partial charge in [-0.05, 0) is 5.56 Å². The first kappa shape index (κ1) is 8.24. The summed E-state index contributed by atoms with van der Waals surface area (Å²) in [5, 5.41) is 8.19. The van der Waals surface area contributed by atoms with E-state index in [0.717, 1.165) is 13.1 Å². The molecule has 1 aromatic carbocycles. The first-order valence-electron chi connectivity index (χ1n) is 4.88. The molecule has 2 aliphatic rings. The number of hydrogen-bond acceptors (Lipinski definition) is 3. The van der Waals surface area contributed by atoms with Gasteiger partial charge in [0.1, 0.15) is 0 Å². The van der Waals surface area contributed by atoms with Crippen LogP contribution in [0, 0.1) is 0 Å². The van der Waals surface area contributed by atoms with Gasteiger partial charge in [-0.1, -0.05) is 24.3 Å². The van der Waals surface area contributed by atoms with E-state index >= 15 is 0 Å². The molecule has 2 aliphatic heterocycles. The number of nitrogens with one attached hydrogen (secondary N) is 2. The van der Waals surface area contributed by atoms with Gasteiger partial charge in [-0.3, -0.25) is 0 Å². The van der Waals surface area contributed by atoms with Gasteiger partial charge in [0.25, 0.3) is 0 Å². The van der Waals surface area contributed by atoms with Crippen LogP contribution in [0.25, 0.3) is 5.70 Å². The maximum Gasteiger partial charge on any atom is 0.0925 e. The number of fused-ring (bicyclic) bond motifs is 1. The molecular formula is C11H12N2S. The van der Waals surface area contributed by atoms with Crippen LogP contribution < -0.4 is 10.6 Å². The number of rotatable bonds is 0. The zero-order valence-corrected chi connectivity index (χ0v) is 8.66. The van der Waals surface area contributed by atoms with Gasteiger partial charge in [0.05, 0.1) is 10.7 Å². The lowest BCUT2D eigenvalue weighted by Crippen LogP contribution is -2.11. The molecule has 72 valence electrons. The van der Waals surface area contributed by atoms with Crippen LogP contribution in [0.4, 0.5) is 0 Å². The quantitative estimate of drug-likeness (QED) is 0.673. The fraction of sp³-hybridized carbons (Fsp3) is 0.273. The van der Waals surface area contributed by atoms with Crippen LogP contribution in [0.2, 0.25) is 0 Å².